The predicted octanol–water partition coefficient (Wildman–Crippen LogP) is 2.87. The highest BCUT2D eigenvalue weighted by molar-refractivity contribution is 7.80. The summed E-state index contributed by atoms with van der Waals surface area (Å²) in [5, 5.41) is 13.9. The number of nitro groups is 1. The van der Waals surface area contributed by atoms with Crippen LogP contribution in [0.25, 0.3) is 0 Å². The van der Waals surface area contributed by atoms with E-state index >= 15 is 0 Å². The number of hydrogen-bond acceptors (Lipinski definition) is 4. The van der Waals surface area contributed by atoms with Crippen LogP contribution >= 0.6 is 12.2 Å². The Hall–Kier alpha value is -2.02. The van der Waals surface area contributed by atoms with Gasteiger partial charge in [-0.1, -0.05) is 31.4 Å². The van der Waals surface area contributed by atoms with Gasteiger partial charge in [0, 0.05) is 19.2 Å². The van der Waals surface area contributed by atoms with Crippen molar-refractivity contribution in [2.24, 2.45) is 0 Å². The summed E-state index contributed by atoms with van der Waals surface area (Å²) in [7, 11) is 1.86. The number of amides is 1. The largest absolute Gasteiger partial charge is 0.349 e. The first kappa shape index (κ1) is 16.4. The van der Waals surface area contributed by atoms with Crippen LogP contribution in [0.2, 0.25) is 0 Å². The fourth-order valence-electron chi connectivity index (χ4n) is 2.71. The maximum atomic E-state index is 12.2. The van der Waals surface area contributed by atoms with Gasteiger partial charge in [0.15, 0.2) is 5.11 Å². The molecular formula is C15H19N3O3S. The third-order valence-electron chi connectivity index (χ3n) is 4.01. The van der Waals surface area contributed by atoms with Gasteiger partial charge < -0.3 is 4.90 Å². The van der Waals surface area contributed by atoms with Crippen molar-refractivity contribution in [3.8, 4) is 0 Å². The van der Waals surface area contributed by atoms with E-state index in [0.717, 1.165) is 25.7 Å². The Morgan fingerprint density at radius 3 is 2.59 bits per heavy atom. The quantitative estimate of drug-likeness (QED) is 0.526. The number of para-hydroxylation sites is 1. The summed E-state index contributed by atoms with van der Waals surface area (Å²) in [5.74, 6) is -0.542. The van der Waals surface area contributed by atoms with Crippen LogP contribution in [0.1, 0.15) is 42.5 Å². The Morgan fingerprint density at radius 2 is 1.95 bits per heavy atom. The second kappa shape index (κ2) is 7.31. The van der Waals surface area contributed by atoms with Crippen molar-refractivity contribution in [3.05, 3.63) is 39.9 Å². The normalized spacial score (nSPS) is 15.1. The molecule has 0 heterocycles. The van der Waals surface area contributed by atoms with E-state index in [1.807, 2.05) is 11.9 Å². The highest BCUT2D eigenvalue weighted by Gasteiger charge is 2.24. The van der Waals surface area contributed by atoms with Crippen molar-refractivity contribution in [2.45, 2.75) is 38.1 Å². The standard InChI is InChI=1S/C15H19N3O3S/c1-17(11-7-3-2-4-8-11)15(22)16-14(19)12-9-5-6-10-13(12)18(20)21/h5-6,9-11H,2-4,7-8H2,1H3,(H,16,19,22). The van der Waals surface area contributed by atoms with Gasteiger partial charge in [0.2, 0.25) is 0 Å². The Morgan fingerprint density at radius 1 is 1.32 bits per heavy atom. The average molecular weight is 321 g/mol. The Kier molecular flexibility index (Phi) is 5.43. The number of benzene rings is 1. The number of rotatable bonds is 3. The zero-order valence-electron chi connectivity index (χ0n) is 12.4. The van der Waals surface area contributed by atoms with E-state index in [1.54, 1.807) is 6.07 Å². The zero-order valence-corrected chi connectivity index (χ0v) is 13.3. The SMILES string of the molecule is CN(C(=S)NC(=O)c1ccccc1[N+](=O)[O-])C1CCCCC1. The Bertz CT molecular complexity index is 585. The lowest BCUT2D eigenvalue weighted by molar-refractivity contribution is -0.385. The van der Waals surface area contributed by atoms with Gasteiger partial charge in [-0.3, -0.25) is 20.2 Å². The summed E-state index contributed by atoms with van der Waals surface area (Å²) in [6, 6.07) is 6.18. The molecular weight excluding hydrogens is 302 g/mol. The molecule has 2 rings (SSSR count). The topological polar surface area (TPSA) is 75.5 Å². The lowest BCUT2D eigenvalue weighted by Crippen LogP contribution is -2.46. The number of carbonyl (C=O) groups is 1. The lowest BCUT2D eigenvalue weighted by Gasteiger charge is -2.32. The lowest BCUT2D eigenvalue weighted by atomic mass is 9.95. The van der Waals surface area contributed by atoms with Crippen molar-refractivity contribution in [2.75, 3.05) is 7.05 Å². The van der Waals surface area contributed by atoms with Gasteiger partial charge in [0.05, 0.1) is 4.92 Å². The molecule has 118 valence electrons. The number of carbonyl (C=O) groups excluding carboxylic acids is 1. The minimum absolute atomic E-state index is 0.0203. The van der Waals surface area contributed by atoms with Gasteiger partial charge in [-0.05, 0) is 31.1 Å². The average Bonchev–Trinajstić information content (AvgIpc) is 2.54. The van der Waals surface area contributed by atoms with Crippen molar-refractivity contribution in [3.63, 3.8) is 0 Å². The molecule has 1 amide bonds. The van der Waals surface area contributed by atoms with E-state index in [9.17, 15) is 14.9 Å². The van der Waals surface area contributed by atoms with Crippen molar-refractivity contribution >= 4 is 28.9 Å². The number of nitrogens with one attached hydrogen (secondary N) is 1. The van der Waals surface area contributed by atoms with Crippen molar-refractivity contribution in [1.29, 1.82) is 0 Å². The molecule has 1 N–H and O–H groups in total. The van der Waals surface area contributed by atoms with Crippen LogP contribution in [0, 0.1) is 10.1 Å². The van der Waals surface area contributed by atoms with Gasteiger partial charge in [0.1, 0.15) is 5.56 Å². The molecule has 22 heavy (non-hydrogen) atoms. The summed E-state index contributed by atoms with van der Waals surface area (Å²) in [5.41, 5.74) is -0.199. The molecule has 1 aromatic carbocycles. The molecule has 0 atom stereocenters. The van der Waals surface area contributed by atoms with E-state index < -0.39 is 10.8 Å². The summed E-state index contributed by atoms with van der Waals surface area (Å²) < 4.78 is 0. The molecule has 1 aliphatic carbocycles. The highest BCUT2D eigenvalue weighted by atomic mass is 32.1. The first-order valence-electron chi connectivity index (χ1n) is 7.32. The van der Waals surface area contributed by atoms with E-state index in [1.165, 1.54) is 24.6 Å². The Balaban J connectivity index is 2.05. The van der Waals surface area contributed by atoms with E-state index in [2.05, 4.69) is 5.32 Å². The third-order valence-corrected chi connectivity index (χ3v) is 4.40. The summed E-state index contributed by atoms with van der Waals surface area (Å²) in [6.45, 7) is 0. The molecule has 1 fully saturated rings. The van der Waals surface area contributed by atoms with Gasteiger partial charge in [-0.15, -0.1) is 0 Å². The molecule has 1 saturated carbocycles. The molecule has 6 nitrogen and oxygen atoms in total. The molecule has 1 aliphatic rings. The number of hydrogen-bond donors (Lipinski definition) is 1. The fourth-order valence-corrected chi connectivity index (χ4v) is 2.95. The zero-order chi connectivity index (χ0) is 16.1. The number of nitro benzene ring substituents is 1. The van der Waals surface area contributed by atoms with Crippen LogP contribution in [-0.2, 0) is 0 Å². The monoisotopic (exact) mass is 321 g/mol. The van der Waals surface area contributed by atoms with E-state index in [0.29, 0.717) is 11.2 Å². The maximum absolute atomic E-state index is 12.2. The minimum Gasteiger partial charge on any atom is -0.349 e. The van der Waals surface area contributed by atoms with Gasteiger partial charge >= 0.3 is 0 Å². The van der Waals surface area contributed by atoms with Gasteiger partial charge in [0.25, 0.3) is 11.6 Å². The van der Waals surface area contributed by atoms with Gasteiger partial charge in [-0.2, -0.15) is 0 Å². The molecule has 0 radical (unpaired) electrons. The molecule has 0 unspecified atom stereocenters. The molecule has 7 heteroatoms. The second-order valence-corrected chi connectivity index (χ2v) is 5.82. The summed E-state index contributed by atoms with van der Waals surface area (Å²) in [4.78, 5) is 24.5. The van der Waals surface area contributed by atoms with E-state index in [4.69, 9.17) is 12.2 Å². The first-order chi connectivity index (χ1) is 10.5. The molecule has 0 bridgehead atoms. The minimum atomic E-state index is -0.567. The fraction of sp³-hybridized carbons (Fsp3) is 0.467. The summed E-state index contributed by atoms with van der Waals surface area (Å²) >= 11 is 5.27. The predicted molar refractivity (Wildman–Crippen MR) is 87.8 cm³/mol. The smallest absolute Gasteiger partial charge is 0.282 e. The van der Waals surface area contributed by atoms with Crippen LogP contribution in [-0.4, -0.2) is 33.9 Å². The van der Waals surface area contributed by atoms with Crippen LogP contribution in [0.4, 0.5) is 5.69 Å². The van der Waals surface area contributed by atoms with Crippen LogP contribution < -0.4 is 5.32 Å². The van der Waals surface area contributed by atoms with Gasteiger partial charge in [-0.25, -0.2) is 0 Å². The molecule has 0 spiro atoms. The maximum Gasteiger partial charge on any atom is 0.282 e. The summed E-state index contributed by atoms with van der Waals surface area (Å²) in [6.07, 6.45) is 5.67. The highest BCUT2D eigenvalue weighted by Crippen LogP contribution is 2.22. The second-order valence-electron chi connectivity index (χ2n) is 5.44. The number of nitrogens with zero attached hydrogens (tertiary/aromatic N) is 2. The van der Waals surface area contributed by atoms with Crippen molar-refractivity contribution in [1.82, 2.24) is 10.2 Å². The molecule has 0 saturated heterocycles. The Labute approximate surface area is 134 Å². The van der Waals surface area contributed by atoms with E-state index in [-0.39, 0.29) is 11.3 Å². The molecule has 0 aliphatic heterocycles. The molecule has 0 aromatic heterocycles. The van der Waals surface area contributed by atoms with Crippen molar-refractivity contribution < 1.29 is 9.72 Å². The van der Waals surface area contributed by atoms with Crippen LogP contribution in [0.5, 0.6) is 0 Å². The first-order valence-corrected chi connectivity index (χ1v) is 7.73. The van der Waals surface area contributed by atoms with Crippen LogP contribution in [0.15, 0.2) is 24.3 Å². The molecule has 1 aromatic rings. The van der Waals surface area contributed by atoms with Crippen LogP contribution in [0.3, 0.4) is 0 Å². The number of thiocarbonyl (C=S) groups is 1. The third kappa shape index (κ3) is 3.79.